The van der Waals surface area contributed by atoms with Gasteiger partial charge in [-0.3, -0.25) is 14.6 Å². The summed E-state index contributed by atoms with van der Waals surface area (Å²) in [6, 6.07) is 3.04. The highest BCUT2D eigenvalue weighted by Gasteiger charge is 2.48. The van der Waals surface area contributed by atoms with Crippen molar-refractivity contribution in [1.29, 1.82) is 0 Å². The Morgan fingerprint density at radius 2 is 1.78 bits per heavy atom. The molecule has 1 aliphatic heterocycles. The molecule has 5 atom stereocenters. The van der Waals surface area contributed by atoms with Crippen LogP contribution in [0.4, 0.5) is 0 Å². The number of rotatable bonds is 5. The maximum absolute atomic E-state index is 11.8. The Balaban J connectivity index is 2.47. The Morgan fingerprint density at radius 1 is 1.15 bits per heavy atom. The second kappa shape index (κ2) is 8.94. The third-order valence-corrected chi connectivity index (χ3v) is 4.55. The van der Waals surface area contributed by atoms with Crippen LogP contribution in [-0.2, 0) is 28.5 Å². The lowest BCUT2D eigenvalue weighted by Crippen LogP contribution is -2.53. The van der Waals surface area contributed by atoms with E-state index in [1.54, 1.807) is 0 Å². The van der Waals surface area contributed by atoms with Crippen LogP contribution in [0.3, 0.4) is 0 Å². The second-order valence-electron chi connectivity index (χ2n) is 6.47. The van der Waals surface area contributed by atoms with Gasteiger partial charge in [-0.05, 0) is 18.6 Å². The zero-order valence-electron chi connectivity index (χ0n) is 16.1. The second-order valence-corrected chi connectivity index (χ2v) is 6.47. The first-order valence-corrected chi connectivity index (χ1v) is 8.82. The molecule has 0 bridgehead atoms. The fraction of sp³-hybridized carbons (Fsp3) is 0.579. The molecular weight excluding hydrogens is 354 g/mol. The van der Waals surface area contributed by atoms with E-state index in [4.69, 9.17) is 18.9 Å². The number of aromatic nitrogens is 1. The smallest absolute Gasteiger partial charge is 0.337 e. The van der Waals surface area contributed by atoms with Gasteiger partial charge in [0.1, 0.15) is 12.2 Å². The predicted molar refractivity (Wildman–Crippen MR) is 93.8 cm³/mol. The molecule has 0 unspecified atom stereocenters. The fourth-order valence-corrected chi connectivity index (χ4v) is 3.31. The minimum Gasteiger partial charge on any atom is -0.465 e. The Morgan fingerprint density at radius 3 is 2.33 bits per heavy atom. The average Bonchev–Trinajstić information content (AvgIpc) is 2.63. The molecule has 148 valence electrons. The highest BCUT2D eigenvalue weighted by atomic mass is 16.6. The molecule has 0 amide bonds. The zero-order chi connectivity index (χ0) is 20.1. The van der Waals surface area contributed by atoms with Crippen LogP contribution in [0.5, 0.6) is 0 Å². The highest BCUT2D eigenvalue weighted by molar-refractivity contribution is 5.89. The van der Waals surface area contributed by atoms with Crippen LogP contribution in [0.25, 0.3) is 0 Å². The van der Waals surface area contributed by atoms with Crippen LogP contribution < -0.4 is 0 Å². The van der Waals surface area contributed by atoms with Crippen LogP contribution in [0, 0.1) is 5.92 Å². The molecule has 8 heteroatoms. The maximum atomic E-state index is 11.8. The molecular formula is C19H25NO7. The van der Waals surface area contributed by atoms with Gasteiger partial charge in [0.25, 0.3) is 0 Å². The number of carbonyl (C=O) groups is 3. The van der Waals surface area contributed by atoms with E-state index in [1.807, 2.05) is 13.8 Å². The number of methoxy groups -OCH3 is 1. The first kappa shape index (κ1) is 20.8. The van der Waals surface area contributed by atoms with Gasteiger partial charge in [0.05, 0.1) is 24.5 Å². The average molecular weight is 379 g/mol. The Kier molecular flexibility index (Phi) is 6.90. The molecule has 1 aromatic heterocycles. The summed E-state index contributed by atoms with van der Waals surface area (Å²) < 4.78 is 21.8. The fourth-order valence-electron chi connectivity index (χ4n) is 3.31. The lowest BCUT2D eigenvalue weighted by Gasteiger charge is -2.44. The number of esters is 3. The van der Waals surface area contributed by atoms with Crippen molar-refractivity contribution in [3.8, 4) is 0 Å². The number of hydrogen-bond donors (Lipinski definition) is 0. The van der Waals surface area contributed by atoms with Crippen molar-refractivity contribution in [2.24, 2.45) is 5.92 Å². The lowest BCUT2D eigenvalue weighted by molar-refractivity contribution is -0.226. The van der Waals surface area contributed by atoms with E-state index in [2.05, 4.69) is 4.98 Å². The Hall–Kier alpha value is -2.48. The van der Waals surface area contributed by atoms with Crippen molar-refractivity contribution < 1.29 is 33.3 Å². The van der Waals surface area contributed by atoms with Crippen molar-refractivity contribution in [1.82, 2.24) is 4.98 Å². The SMILES string of the molecule is CC[C@H]1O[C@H](c2cc(C(=O)OC)ccn2)[C@H](OC(C)=O)[C@@H](OC(C)=O)[C@@H]1C. The summed E-state index contributed by atoms with van der Waals surface area (Å²) in [4.78, 5) is 39.4. The van der Waals surface area contributed by atoms with Crippen LogP contribution in [0.1, 0.15) is 56.3 Å². The minimum absolute atomic E-state index is 0.191. The van der Waals surface area contributed by atoms with Crippen LogP contribution >= 0.6 is 0 Å². The van der Waals surface area contributed by atoms with E-state index >= 15 is 0 Å². The molecule has 1 aromatic rings. The van der Waals surface area contributed by atoms with Gasteiger partial charge in [-0.15, -0.1) is 0 Å². The van der Waals surface area contributed by atoms with Crippen molar-refractivity contribution in [2.45, 2.75) is 58.5 Å². The van der Waals surface area contributed by atoms with Crippen LogP contribution in [-0.4, -0.2) is 48.3 Å². The van der Waals surface area contributed by atoms with Gasteiger partial charge in [0, 0.05) is 26.0 Å². The van der Waals surface area contributed by atoms with Gasteiger partial charge in [-0.25, -0.2) is 4.79 Å². The molecule has 0 radical (unpaired) electrons. The van der Waals surface area contributed by atoms with Crippen molar-refractivity contribution in [3.63, 3.8) is 0 Å². The van der Waals surface area contributed by atoms with Gasteiger partial charge in [-0.2, -0.15) is 0 Å². The first-order valence-electron chi connectivity index (χ1n) is 8.82. The largest absolute Gasteiger partial charge is 0.465 e. The summed E-state index contributed by atoms with van der Waals surface area (Å²) in [5.41, 5.74) is 0.690. The van der Waals surface area contributed by atoms with Gasteiger partial charge in [-0.1, -0.05) is 13.8 Å². The lowest BCUT2D eigenvalue weighted by atomic mass is 9.85. The minimum atomic E-state index is -0.885. The number of hydrogen-bond acceptors (Lipinski definition) is 8. The summed E-state index contributed by atoms with van der Waals surface area (Å²) in [5.74, 6) is -1.72. The van der Waals surface area contributed by atoms with Gasteiger partial charge >= 0.3 is 17.9 Å². The van der Waals surface area contributed by atoms with E-state index in [0.29, 0.717) is 17.7 Å². The van der Waals surface area contributed by atoms with E-state index in [1.165, 1.54) is 39.3 Å². The first-order chi connectivity index (χ1) is 12.8. The summed E-state index contributed by atoms with van der Waals surface area (Å²) >= 11 is 0. The van der Waals surface area contributed by atoms with E-state index in [-0.39, 0.29) is 12.0 Å². The van der Waals surface area contributed by atoms with Gasteiger partial charge < -0.3 is 18.9 Å². The summed E-state index contributed by atoms with van der Waals surface area (Å²) in [5, 5.41) is 0. The molecule has 1 saturated heterocycles. The third kappa shape index (κ3) is 4.82. The molecule has 0 N–H and O–H groups in total. The van der Waals surface area contributed by atoms with Gasteiger partial charge in [0.15, 0.2) is 6.10 Å². The van der Waals surface area contributed by atoms with Crippen LogP contribution in [0.15, 0.2) is 18.3 Å². The number of nitrogens with zero attached hydrogens (tertiary/aromatic N) is 1. The zero-order valence-corrected chi connectivity index (χ0v) is 16.1. The van der Waals surface area contributed by atoms with E-state index < -0.39 is 36.2 Å². The number of carbonyl (C=O) groups excluding carboxylic acids is 3. The van der Waals surface area contributed by atoms with E-state index in [0.717, 1.165) is 0 Å². The third-order valence-electron chi connectivity index (χ3n) is 4.55. The van der Waals surface area contributed by atoms with Gasteiger partial charge in [0.2, 0.25) is 0 Å². The van der Waals surface area contributed by atoms with Crippen molar-refractivity contribution in [2.75, 3.05) is 7.11 Å². The Labute approximate surface area is 158 Å². The highest BCUT2D eigenvalue weighted by Crippen LogP contribution is 2.39. The predicted octanol–water partition coefficient (Wildman–Crippen LogP) is 2.22. The van der Waals surface area contributed by atoms with Crippen molar-refractivity contribution >= 4 is 17.9 Å². The summed E-state index contributed by atoms with van der Waals surface area (Å²) in [7, 11) is 1.28. The molecule has 8 nitrogen and oxygen atoms in total. The monoisotopic (exact) mass is 379 g/mol. The summed E-state index contributed by atoms with van der Waals surface area (Å²) in [6.45, 7) is 6.41. The molecule has 2 heterocycles. The topological polar surface area (TPSA) is 101 Å². The molecule has 2 rings (SSSR count). The standard InChI is InChI=1S/C19H25NO7/c1-6-15-10(2)16(25-11(3)21)18(26-12(4)22)17(27-15)14-9-13(7-8-20-14)19(23)24-5/h7-10,15-18H,6H2,1-5H3/t10-,15-,16+,17-,18-/m1/s1. The molecule has 0 aliphatic carbocycles. The summed E-state index contributed by atoms with van der Waals surface area (Å²) in [6.07, 6.45) is -0.490. The van der Waals surface area contributed by atoms with Crippen LogP contribution in [0.2, 0.25) is 0 Å². The molecule has 27 heavy (non-hydrogen) atoms. The molecule has 0 saturated carbocycles. The molecule has 1 fully saturated rings. The normalized spacial score (nSPS) is 27.5. The Bertz CT molecular complexity index is 705. The maximum Gasteiger partial charge on any atom is 0.337 e. The number of pyridine rings is 1. The molecule has 0 spiro atoms. The number of ether oxygens (including phenoxy) is 4. The molecule has 1 aliphatic rings. The quantitative estimate of drug-likeness (QED) is 0.567. The van der Waals surface area contributed by atoms with E-state index in [9.17, 15) is 14.4 Å². The molecule has 0 aromatic carbocycles. The van der Waals surface area contributed by atoms with Crippen molar-refractivity contribution in [3.05, 3.63) is 29.6 Å².